The molecule has 2 amide bonds. The van der Waals surface area contributed by atoms with Gasteiger partial charge in [-0.2, -0.15) is 5.06 Å². The van der Waals surface area contributed by atoms with Gasteiger partial charge in [0.25, 0.3) is 5.91 Å². The van der Waals surface area contributed by atoms with Crippen molar-refractivity contribution >= 4 is 35.1 Å². The predicted octanol–water partition coefficient (Wildman–Crippen LogP) is 1.54. The topological polar surface area (TPSA) is 101 Å². The Balaban J connectivity index is 1.87. The second-order valence-corrected chi connectivity index (χ2v) is 6.58. The molecule has 1 N–H and O–H groups in total. The van der Waals surface area contributed by atoms with Gasteiger partial charge in [-0.05, 0) is 29.8 Å². The Morgan fingerprint density at radius 1 is 1.19 bits per heavy atom. The summed E-state index contributed by atoms with van der Waals surface area (Å²) >= 11 is 5.83. The van der Waals surface area contributed by atoms with Gasteiger partial charge in [-0.1, -0.05) is 41.9 Å². The fraction of sp³-hybridized carbons (Fsp3) is 0.211. The van der Waals surface area contributed by atoms with Crippen LogP contribution < -0.4 is 10.0 Å². The van der Waals surface area contributed by atoms with E-state index in [4.69, 9.17) is 11.6 Å². The SMILES string of the molecule is O=C([O-])C[C@H](c1ccccc1)N(O)[C@@H]1CC(=O)N(c2ccc(Cl)cc2)C1=O. The average molecular weight is 388 g/mol. The van der Waals surface area contributed by atoms with Gasteiger partial charge in [-0.15, -0.1) is 0 Å². The normalized spacial score (nSPS) is 18.2. The number of benzene rings is 2. The lowest BCUT2D eigenvalue weighted by atomic mass is 10.0. The van der Waals surface area contributed by atoms with Crippen molar-refractivity contribution in [3.8, 4) is 0 Å². The van der Waals surface area contributed by atoms with Gasteiger partial charge in [0.1, 0.15) is 6.04 Å². The Morgan fingerprint density at radius 2 is 1.81 bits per heavy atom. The predicted molar refractivity (Wildman–Crippen MR) is 94.8 cm³/mol. The number of carboxylic acid groups (broad SMARTS) is 1. The smallest absolute Gasteiger partial charge is 0.254 e. The molecule has 1 heterocycles. The van der Waals surface area contributed by atoms with Gasteiger partial charge in [0, 0.05) is 17.4 Å². The van der Waals surface area contributed by atoms with E-state index in [9.17, 15) is 24.7 Å². The molecule has 7 nitrogen and oxygen atoms in total. The molecule has 0 saturated carbocycles. The Hall–Kier alpha value is -2.74. The summed E-state index contributed by atoms with van der Waals surface area (Å²) in [5.41, 5.74) is 0.829. The third-order valence-electron chi connectivity index (χ3n) is 4.39. The molecular formula is C19H16ClN2O5-. The number of anilines is 1. The number of carboxylic acids is 1. The van der Waals surface area contributed by atoms with Crippen molar-refractivity contribution < 1.29 is 24.7 Å². The van der Waals surface area contributed by atoms with E-state index in [0.717, 1.165) is 4.90 Å². The van der Waals surface area contributed by atoms with Crippen LogP contribution in [0.4, 0.5) is 5.69 Å². The molecule has 140 valence electrons. The summed E-state index contributed by atoms with van der Waals surface area (Å²) in [6.45, 7) is 0. The molecule has 2 aromatic carbocycles. The first-order valence-corrected chi connectivity index (χ1v) is 8.60. The maximum Gasteiger partial charge on any atom is 0.254 e. The van der Waals surface area contributed by atoms with E-state index in [2.05, 4.69) is 0 Å². The zero-order chi connectivity index (χ0) is 19.6. The van der Waals surface area contributed by atoms with E-state index in [1.54, 1.807) is 42.5 Å². The molecule has 3 rings (SSSR count). The number of nitrogens with zero attached hydrogens (tertiary/aromatic N) is 2. The van der Waals surface area contributed by atoms with Crippen LogP contribution >= 0.6 is 11.6 Å². The molecule has 8 heteroatoms. The number of hydrogen-bond donors (Lipinski definition) is 1. The lowest BCUT2D eigenvalue weighted by Crippen LogP contribution is -2.43. The van der Waals surface area contributed by atoms with Crippen LogP contribution in [-0.4, -0.2) is 34.1 Å². The first-order chi connectivity index (χ1) is 12.9. The highest BCUT2D eigenvalue weighted by Crippen LogP contribution is 2.31. The molecule has 1 saturated heterocycles. The van der Waals surface area contributed by atoms with E-state index in [1.165, 1.54) is 12.1 Å². The van der Waals surface area contributed by atoms with E-state index < -0.39 is 36.3 Å². The minimum Gasteiger partial charge on any atom is -0.550 e. The fourth-order valence-electron chi connectivity index (χ4n) is 3.10. The number of carbonyl (C=O) groups is 3. The van der Waals surface area contributed by atoms with E-state index in [-0.39, 0.29) is 6.42 Å². The van der Waals surface area contributed by atoms with Crippen LogP contribution in [0.3, 0.4) is 0 Å². The zero-order valence-corrected chi connectivity index (χ0v) is 14.9. The van der Waals surface area contributed by atoms with Crippen LogP contribution in [0.1, 0.15) is 24.4 Å². The molecule has 1 fully saturated rings. The number of hydroxylamine groups is 2. The number of imide groups is 1. The van der Waals surface area contributed by atoms with Crippen molar-refractivity contribution in [2.75, 3.05) is 4.90 Å². The number of rotatable bonds is 6. The highest BCUT2D eigenvalue weighted by Gasteiger charge is 2.44. The first-order valence-electron chi connectivity index (χ1n) is 8.23. The molecule has 0 bridgehead atoms. The van der Waals surface area contributed by atoms with Crippen LogP contribution in [0.25, 0.3) is 0 Å². The Morgan fingerprint density at radius 3 is 2.41 bits per heavy atom. The largest absolute Gasteiger partial charge is 0.550 e. The van der Waals surface area contributed by atoms with Gasteiger partial charge in [0.05, 0.1) is 18.2 Å². The Bertz CT molecular complexity index is 856. The molecule has 0 unspecified atom stereocenters. The van der Waals surface area contributed by atoms with Gasteiger partial charge in [0.15, 0.2) is 0 Å². The van der Waals surface area contributed by atoms with E-state index >= 15 is 0 Å². The summed E-state index contributed by atoms with van der Waals surface area (Å²) in [6.07, 6.45) is -0.798. The summed E-state index contributed by atoms with van der Waals surface area (Å²) in [5, 5.41) is 22.9. The van der Waals surface area contributed by atoms with Crippen LogP contribution in [-0.2, 0) is 14.4 Å². The fourth-order valence-corrected chi connectivity index (χ4v) is 3.22. The minimum atomic E-state index is -1.38. The van der Waals surface area contributed by atoms with Crippen LogP contribution in [0.5, 0.6) is 0 Å². The quantitative estimate of drug-likeness (QED) is 0.596. The molecule has 2 aromatic rings. The van der Waals surface area contributed by atoms with E-state index in [0.29, 0.717) is 21.3 Å². The molecule has 0 radical (unpaired) electrons. The Labute approximate surface area is 160 Å². The first kappa shape index (κ1) is 19.0. The second-order valence-electron chi connectivity index (χ2n) is 6.15. The second kappa shape index (κ2) is 7.87. The lowest BCUT2D eigenvalue weighted by Gasteiger charge is -2.30. The van der Waals surface area contributed by atoms with Crippen molar-refractivity contribution in [2.45, 2.75) is 24.9 Å². The van der Waals surface area contributed by atoms with Crippen molar-refractivity contribution in [3.63, 3.8) is 0 Å². The van der Waals surface area contributed by atoms with Crippen LogP contribution in [0.2, 0.25) is 5.02 Å². The van der Waals surface area contributed by atoms with Crippen molar-refractivity contribution in [1.29, 1.82) is 0 Å². The van der Waals surface area contributed by atoms with Crippen LogP contribution in [0, 0.1) is 0 Å². The third-order valence-corrected chi connectivity index (χ3v) is 4.64. The monoisotopic (exact) mass is 387 g/mol. The zero-order valence-electron chi connectivity index (χ0n) is 14.1. The molecule has 1 aliphatic heterocycles. The summed E-state index contributed by atoms with van der Waals surface area (Å²) in [7, 11) is 0. The summed E-state index contributed by atoms with van der Waals surface area (Å²) in [6, 6.07) is 12.3. The minimum absolute atomic E-state index is 0.270. The third kappa shape index (κ3) is 4.00. The van der Waals surface area contributed by atoms with Crippen molar-refractivity contribution in [3.05, 3.63) is 65.2 Å². The molecule has 0 aliphatic carbocycles. The van der Waals surface area contributed by atoms with Crippen molar-refractivity contribution in [1.82, 2.24) is 5.06 Å². The number of halogens is 1. The molecule has 27 heavy (non-hydrogen) atoms. The number of amides is 2. The molecule has 0 spiro atoms. The summed E-state index contributed by atoms with van der Waals surface area (Å²) in [4.78, 5) is 37.2. The van der Waals surface area contributed by atoms with E-state index in [1.807, 2.05) is 0 Å². The maximum atomic E-state index is 12.8. The van der Waals surface area contributed by atoms with Crippen molar-refractivity contribution in [2.24, 2.45) is 0 Å². The standard InChI is InChI=1S/C19H17ClN2O5/c20-13-6-8-14(9-7-13)21-17(23)10-16(19(21)26)22(27)15(11-18(24)25)12-4-2-1-3-5-12/h1-9,15-16,27H,10-11H2,(H,24,25)/p-1/t15-,16-/m1/s1. The number of hydrogen-bond acceptors (Lipinski definition) is 6. The molecule has 2 atom stereocenters. The number of aliphatic carboxylic acids is 1. The van der Waals surface area contributed by atoms with Gasteiger partial charge in [0.2, 0.25) is 5.91 Å². The Kier molecular flexibility index (Phi) is 5.55. The summed E-state index contributed by atoms with van der Waals surface area (Å²) in [5.74, 6) is -2.51. The van der Waals surface area contributed by atoms with Gasteiger partial charge < -0.3 is 15.1 Å². The highest BCUT2D eigenvalue weighted by atomic mass is 35.5. The number of carbonyl (C=O) groups excluding carboxylic acids is 3. The maximum absolute atomic E-state index is 12.8. The molecule has 0 aromatic heterocycles. The van der Waals surface area contributed by atoms with Crippen LogP contribution in [0.15, 0.2) is 54.6 Å². The lowest BCUT2D eigenvalue weighted by molar-refractivity contribution is -0.309. The molecular weight excluding hydrogens is 372 g/mol. The van der Waals surface area contributed by atoms with Gasteiger partial charge >= 0.3 is 0 Å². The highest BCUT2D eigenvalue weighted by molar-refractivity contribution is 6.30. The average Bonchev–Trinajstić information content (AvgIpc) is 2.95. The van der Waals surface area contributed by atoms with Gasteiger partial charge in [-0.25, -0.2) is 4.90 Å². The molecule has 1 aliphatic rings. The van der Waals surface area contributed by atoms with Gasteiger partial charge in [-0.3, -0.25) is 9.59 Å². The summed E-state index contributed by atoms with van der Waals surface area (Å²) < 4.78 is 0.